The highest BCUT2D eigenvalue weighted by atomic mass is 35.5. The molecule has 0 radical (unpaired) electrons. The molecule has 2 aliphatic rings. The van der Waals surface area contributed by atoms with Crippen LogP contribution in [0.5, 0.6) is 5.75 Å². The highest BCUT2D eigenvalue weighted by Crippen LogP contribution is 2.47. The van der Waals surface area contributed by atoms with Gasteiger partial charge in [-0.3, -0.25) is 0 Å². The zero-order valence-corrected chi connectivity index (χ0v) is 12.8. The summed E-state index contributed by atoms with van der Waals surface area (Å²) in [5.74, 6) is 0.421. The van der Waals surface area contributed by atoms with Crippen molar-refractivity contribution < 1.29 is 14.2 Å². The van der Waals surface area contributed by atoms with Crippen LogP contribution < -0.4 is 4.74 Å². The van der Waals surface area contributed by atoms with Crippen molar-refractivity contribution >= 4 is 11.6 Å². The first kappa shape index (κ1) is 14.2. The van der Waals surface area contributed by atoms with Crippen molar-refractivity contribution in [3.63, 3.8) is 0 Å². The number of ether oxygens (including phenoxy) is 3. The average molecular weight is 297 g/mol. The Hall–Kier alpha value is -0.770. The van der Waals surface area contributed by atoms with Crippen LogP contribution in [0.4, 0.5) is 0 Å². The lowest BCUT2D eigenvalue weighted by atomic mass is 9.69. The molecule has 1 saturated carbocycles. The van der Waals surface area contributed by atoms with Gasteiger partial charge in [0.2, 0.25) is 0 Å². The van der Waals surface area contributed by atoms with Gasteiger partial charge in [0, 0.05) is 12.8 Å². The molecule has 0 atom stereocenters. The lowest BCUT2D eigenvalue weighted by molar-refractivity contribution is -0.184. The molecule has 3 rings (SSSR count). The molecule has 3 nitrogen and oxygen atoms in total. The van der Waals surface area contributed by atoms with Crippen LogP contribution in [-0.4, -0.2) is 26.1 Å². The molecule has 4 heteroatoms. The molecule has 1 spiro atoms. The quantitative estimate of drug-likeness (QED) is 0.828. The lowest BCUT2D eigenvalue weighted by Gasteiger charge is -2.42. The molecule has 1 aromatic rings. The van der Waals surface area contributed by atoms with Gasteiger partial charge in [0.15, 0.2) is 5.79 Å². The van der Waals surface area contributed by atoms with Crippen LogP contribution in [0.1, 0.15) is 38.2 Å². The summed E-state index contributed by atoms with van der Waals surface area (Å²) >= 11 is 6.26. The molecular formula is C16H21ClO3. The maximum atomic E-state index is 6.26. The van der Waals surface area contributed by atoms with Gasteiger partial charge in [0.1, 0.15) is 5.75 Å². The third kappa shape index (κ3) is 2.43. The summed E-state index contributed by atoms with van der Waals surface area (Å²) in [7, 11) is 1.64. The Kier molecular flexibility index (Phi) is 3.69. The van der Waals surface area contributed by atoms with Gasteiger partial charge < -0.3 is 14.2 Å². The minimum Gasteiger partial charge on any atom is -0.495 e. The van der Waals surface area contributed by atoms with Crippen LogP contribution in [0.3, 0.4) is 0 Å². The van der Waals surface area contributed by atoms with E-state index in [1.54, 1.807) is 7.11 Å². The first-order chi connectivity index (χ1) is 9.57. The smallest absolute Gasteiger partial charge is 0.168 e. The van der Waals surface area contributed by atoms with Gasteiger partial charge >= 0.3 is 0 Å². The second-order valence-corrected chi connectivity index (χ2v) is 6.42. The maximum Gasteiger partial charge on any atom is 0.168 e. The van der Waals surface area contributed by atoms with Gasteiger partial charge in [-0.2, -0.15) is 0 Å². The predicted molar refractivity (Wildman–Crippen MR) is 78.5 cm³/mol. The Morgan fingerprint density at radius 3 is 2.30 bits per heavy atom. The van der Waals surface area contributed by atoms with E-state index in [-0.39, 0.29) is 11.2 Å². The summed E-state index contributed by atoms with van der Waals surface area (Å²) in [4.78, 5) is 0. The number of hydrogen-bond acceptors (Lipinski definition) is 3. The zero-order chi connectivity index (χ0) is 14.2. The van der Waals surface area contributed by atoms with Crippen LogP contribution >= 0.6 is 11.6 Å². The molecule has 0 N–H and O–H groups in total. The molecule has 20 heavy (non-hydrogen) atoms. The first-order valence-corrected chi connectivity index (χ1v) is 7.57. The van der Waals surface area contributed by atoms with Gasteiger partial charge in [-0.15, -0.1) is 0 Å². The summed E-state index contributed by atoms with van der Waals surface area (Å²) in [5.41, 5.74) is 1.41. The van der Waals surface area contributed by atoms with Gasteiger partial charge in [0.25, 0.3) is 0 Å². The van der Waals surface area contributed by atoms with Crippen molar-refractivity contribution in [2.24, 2.45) is 0 Å². The van der Waals surface area contributed by atoms with Crippen LogP contribution in [0.25, 0.3) is 0 Å². The lowest BCUT2D eigenvalue weighted by Crippen LogP contribution is -2.40. The van der Waals surface area contributed by atoms with Crippen LogP contribution in [-0.2, 0) is 14.9 Å². The fraction of sp³-hybridized carbons (Fsp3) is 0.625. The summed E-state index contributed by atoms with van der Waals surface area (Å²) in [6.45, 7) is 3.75. The van der Waals surface area contributed by atoms with Gasteiger partial charge in [-0.05, 0) is 36.0 Å². The monoisotopic (exact) mass is 296 g/mol. The summed E-state index contributed by atoms with van der Waals surface area (Å²) in [6, 6.07) is 6.11. The van der Waals surface area contributed by atoms with E-state index in [0.29, 0.717) is 5.02 Å². The van der Waals surface area contributed by atoms with E-state index in [2.05, 4.69) is 13.0 Å². The summed E-state index contributed by atoms with van der Waals surface area (Å²) in [6.07, 6.45) is 4.01. The van der Waals surface area contributed by atoms with E-state index in [0.717, 1.165) is 44.6 Å². The highest BCUT2D eigenvalue weighted by Gasteiger charge is 2.44. The van der Waals surface area contributed by atoms with Crippen LogP contribution in [0, 0.1) is 0 Å². The van der Waals surface area contributed by atoms with Gasteiger partial charge in [-0.25, -0.2) is 0 Å². The molecule has 1 saturated heterocycles. The molecule has 0 bridgehead atoms. The van der Waals surface area contributed by atoms with E-state index in [1.165, 1.54) is 5.56 Å². The largest absolute Gasteiger partial charge is 0.495 e. The number of hydrogen-bond donors (Lipinski definition) is 0. The maximum absolute atomic E-state index is 6.26. The molecule has 1 heterocycles. The first-order valence-electron chi connectivity index (χ1n) is 7.19. The Balaban J connectivity index is 1.78. The summed E-state index contributed by atoms with van der Waals surface area (Å²) < 4.78 is 16.8. The molecule has 0 amide bonds. The van der Waals surface area contributed by atoms with Crippen LogP contribution in [0.2, 0.25) is 5.02 Å². The molecule has 1 aliphatic heterocycles. The van der Waals surface area contributed by atoms with Crippen molar-refractivity contribution in [1.82, 2.24) is 0 Å². The Morgan fingerprint density at radius 1 is 1.10 bits per heavy atom. The van der Waals surface area contributed by atoms with E-state index in [9.17, 15) is 0 Å². The average Bonchev–Trinajstić information content (AvgIpc) is 2.91. The second kappa shape index (κ2) is 5.21. The minimum atomic E-state index is -0.310. The molecule has 0 unspecified atom stereocenters. The van der Waals surface area contributed by atoms with E-state index < -0.39 is 0 Å². The molecular weight excluding hydrogens is 276 g/mol. The number of methoxy groups -OCH3 is 1. The number of benzene rings is 1. The predicted octanol–water partition coefficient (Wildman–Crippen LogP) is 3.92. The third-order valence-electron chi connectivity index (χ3n) is 4.78. The van der Waals surface area contributed by atoms with Gasteiger partial charge in [-0.1, -0.05) is 24.6 Å². The number of halogens is 1. The van der Waals surface area contributed by atoms with Gasteiger partial charge in [0.05, 0.1) is 25.3 Å². The van der Waals surface area contributed by atoms with Crippen molar-refractivity contribution in [3.8, 4) is 5.75 Å². The molecule has 110 valence electrons. The molecule has 1 aliphatic carbocycles. The summed E-state index contributed by atoms with van der Waals surface area (Å²) in [5, 5.41) is 0.680. The standard InChI is InChI=1S/C16H21ClO3/c1-15(12-3-4-14(18-2)13(17)11-12)5-7-16(8-6-15)19-9-10-20-16/h3-4,11H,5-10H2,1-2H3. The van der Waals surface area contributed by atoms with E-state index >= 15 is 0 Å². The number of rotatable bonds is 2. The second-order valence-electron chi connectivity index (χ2n) is 6.02. The normalized spacial score (nSPS) is 23.9. The molecule has 1 aromatic carbocycles. The highest BCUT2D eigenvalue weighted by molar-refractivity contribution is 6.32. The van der Waals surface area contributed by atoms with Crippen molar-refractivity contribution in [1.29, 1.82) is 0 Å². The van der Waals surface area contributed by atoms with Crippen molar-refractivity contribution in [2.75, 3.05) is 20.3 Å². The Bertz CT molecular complexity index is 484. The topological polar surface area (TPSA) is 27.7 Å². The van der Waals surface area contributed by atoms with Crippen molar-refractivity contribution in [3.05, 3.63) is 28.8 Å². The Morgan fingerprint density at radius 2 is 1.75 bits per heavy atom. The van der Waals surface area contributed by atoms with Crippen molar-refractivity contribution in [2.45, 2.75) is 43.8 Å². The fourth-order valence-corrected chi connectivity index (χ4v) is 3.56. The third-order valence-corrected chi connectivity index (χ3v) is 5.07. The molecule has 2 fully saturated rings. The fourth-order valence-electron chi connectivity index (χ4n) is 3.30. The van der Waals surface area contributed by atoms with E-state index in [1.807, 2.05) is 12.1 Å². The molecule has 0 aromatic heterocycles. The zero-order valence-electron chi connectivity index (χ0n) is 12.1. The Labute approximate surface area is 125 Å². The van der Waals surface area contributed by atoms with E-state index in [4.69, 9.17) is 25.8 Å². The minimum absolute atomic E-state index is 0.135. The van der Waals surface area contributed by atoms with Crippen LogP contribution in [0.15, 0.2) is 18.2 Å². The SMILES string of the molecule is COc1ccc(C2(C)CCC3(CC2)OCCO3)cc1Cl.